The zero-order chi connectivity index (χ0) is 17.2. The summed E-state index contributed by atoms with van der Waals surface area (Å²) in [6.45, 7) is 6.40. The lowest BCUT2D eigenvalue weighted by molar-refractivity contribution is 0.0817. The van der Waals surface area contributed by atoms with Crippen LogP contribution in [0.2, 0.25) is 5.02 Å². The van der Waals surface area contributed by atoms with Crippen LogP contribution in [0, 0.1) is 6.92 Å². The summed E-state index contributed by atoms with van der Waals surface area (Å²) in [6, 6.07) is 15.0. The number of hydrogen-bond donors (Lipinski definition) is 1. The number of nitrogens with zero attached hydrogens (tertiary/aromatic N) is 1. The summed E-state index contributed by atoms with van der Waals surface area (Å²) in [5.74, 6) is 0.823. The predicted molar refractivity (Wildman–Crippen MR) is 103 cm³/mol. The van der Waals surface area contributed by atoms with Crippen molar-refractivity contribution < 1.29 is 4.74 Å². The van der Waals surface area contributed by atoms with Crippen molar-refractivity contribution in [3.05, 3.63) is 64.2 Å². The Labute approximate surface area is 154 Å². The van der Waals surface area contributed by atoms with Gasteiger partial charge >= 0.3 is 0 Å². The van der Waals surface area contributed by atoms with E-state index in [1.807, 2.05) is 12.1 Å². The molecule has 0 saturated carbocycles. The summed E-state index contributed by atoms with van der Waals surface area (Å²) >= 11 is 6.45. The summed E-state index contributed by atoms with van der Waals surface area (Å²) in [5, 5.41) is 4.20. The molecule has 25 heavy (non-hydrogen) atoms. The minimum absolute atomic E-state index is 0.0351. The van der Waals surface area contributed by atoms with Gasteiger partial charge < -0.3 is 10.1 Å². The van der Waals surface area contributed by atoms with Crippen LogP contribution in [0.5, 0.6) is 5.75 Å². The second kappa shape index (κ2) is 7.36. The minimum atomic E-state index is 0.0351. The predicted octanol–water partition coefficient (Wildman–Crippen LogP) is 3.99. The van der Waals surface area contributed by atoms with E-state index < -0.39 is 0 Å². The van der Waals surface area contributed by atoms with Crippen LogP contribution in [-0.2, 0) is 6.42 Å². The minimum Gasteiger partial charge on any atom is -0.482 e. The normalized spacial score (nSPS) is 23.9. The first kappa shape index (κ1) is 16.9. The molecule has 1 saturated heterocycles. The van der Waals surface area contributed by atoms with Gasteiger partial charge in [0, 0.05) is 13.1 Å². The highest BCUT2D eigenvalue weighted by Gasteiger charge is 2.38. The maximum atomic E-state index is 6.58. The van der Waals surface area contributed by atoms with Gasteiger partial charge in [-0.05, 0) is 55.6 Å². The van der Waals surface area contributed by atoms with Crippen LogP contribution >= 0.6 is 11.6 Å². The van der Waals surface area contributed by atoms with Gasteiger partial charge in [-0.3, -0.25) is 4.90 Å². The van der Waals surface area contributed by atoms with Gasteiger partial charge in [-0.1, -0.05) is 48.0 Å². The zero-order valence-corrected chi connectivity index (χ0v) is 15.4. The first-order valence-corrected chi connectivity index (χ1v) is 9.56. The Hall–Kier alpha value is -1.55. The summed E-state index contributed by atoms with van der Waals surface area (Å²) in [5.41, 5.74) is 3.80. The molecule has 3 nitrogen and oxygen atoms in total. The van der Waals surface area contributed by atoms with Gasteiger partial charge in [0.1, 0.15) is 11.9 Å². The van der Waals surface area contributed by atoms with Crippen molar-refractivity contribution >= 4 is 11.6 Å². The lowest BCUT2D eigenvalue weighted by Crippen LogP contribution is -2.42. The van der Waals surface area contributed by atoms with Crippen LogP contribution < -0.4 is 10.1 Å². The fraction of sp³-hybridized carbons (Fsp3) is 0.429. The van der Waals surface area contributed by atoms with E-state index in [0.717, 1.165) is 43.9 Å². The average molecular weight is 357 g/mol. The second-order valence-corrected chi connectivity index (χ2v) is 7.44. The zero-order valence-electron chi connectivity index (χ0n) is 14.7. The van der Waals surface area contributed by atoms with Crippen molar-refractivity contribution in [1.29, 1.82) is 0 Å². The Morgan fingerprint density at radius 2 is 1.96 bits per heavy atom. The summed E-state index contributed by atoms with van der Waals surface area (Å²) in [7, 11) is 0. The summed E-state index contributed by atoms with van der Waals surface area (Å²) in [4.78, 5) is 2.59. The molecule has 0 unspecified atom stereocenters. The van der Waals surface area contributed by atoms with Crippen LogP contribution in [0.25, 0.3) is 0 Å². The topological polar surface area (TPSA) is 24.5 Å². The Morgan fingerprint density at radius 3 is 2.84 bits per heavy atom. The third kappa shape index (κ3) is 3.41. The maximum absolute atomic E-state index is 6.58. The monoisotopic (exact) mass is 356 g/mol. The first-order chi connectivity index (χ1) is 12.2. The van der Waals surface area contributed by atoms with Crippen molar-refractivity contribution in [2.45, 2.75) is 31.9 Å². The number of ether oxygens (including phenoxy) is 1. The van der Waals surface area contributed by atoms with Gasteiger partial charge in [0.2, 0.25) is 0 Å². The van der Waals surface area contributed by atoms with Crippen LogP contribution in [0.3, 0.4) is 0 Å². The van der Waals surface area contributed by atoms with E-state index in [1.54, 1.807) is 0 Å². The molecule has 0 amide bonds. The van der Waals surface area contributed by atoms with Crippen LogP contribution in [0.4, 0.5) is 0 Å². The molecule has 0 spiro atoms. The molecule has 0 aromatic heterocycles. The number of hydrogen-bond acceptors (Lipinski definition) is 3. The SMILES string of the molecule is Cc1cccc(Cl)c1O[C@H]1c2ccccc2C[C@H]1N1CCCNCC1. The molecule has 4 heteroatoms. The van der Waals surface area contributed by atoms with Crippen molar-refractivity contribution in [2.24, 2.45) is 0 Å². The highest BCUT2D eigenvalue weighted by Crippen LogP contribution is 2.40. The number of aryl methyl sites for hydroxylation is 1. The second-order valence-electron chi connectivity index (χ2n) is 7.03. The molecule has 1 aliphatic carbocycles. The van der Waals surface area contributed by atoms with E-state index in [4.69, 9.17) is 16.3 Å². The highest BCUT2D eigenvalue weighted by atomic mass is 35.5. The Bertz CT molecular complexity index is 720. The third-order valence-corrected chi connectivity index (χ3v) is 5.69. The Kier molecular flexibility index (Phi) is 4.98. The molecular weight excluding hydrogens is 332 g/mol. The molecule has 2 atom stereocenters. The smallest absolute Gasteiger partial charge is 0.141 e. The van der Waals surface area contributed by atoms with Gasteiger partial charge in [0.25, 0.3) is 0 Å². The molecule has 4 rings (SSSR count). The highest BCUT2D eigenvalue weighted by molar-refractivity contribution is 6.32. The van der Waals surface area contributed by atoms with Gasteiger partial charge in [-0.15, -0.1) is 0 Å². The fourth-order valence-electron chi connectivity index (χ4n) is 4.09. The van der Waals surface area contributed by atoms with E-state index >= 15 is 0 Å². The van der Waals surface area contributed by atoms with E-state index in [0.29, 0.717) is 11.1 Å². The van der Waals surface area contributed by atoms with E-state index in [2.05, 4.69) is 47.5 Å². The third-order valence-electron chi connectivity index (χ3n) is 5.39. The first-order valence-electron chi connectivity index (χ1n) is 9.18. The number of rotatable bonds is 3. The molecule has 2 aromatic carbocycles. The van der Waals surface area contributed by atoms with Gasteiger partial charge in [-0.25, -0.2) is 0 Å². The van der Waals surface area contributed by atoms with E-state index in [-0.39, 0.29) is 6.10 Å². The van der Waals surface area contributed by atoms with Gasteiger partial charge in [0.15, 0.2) is 0 Å². The molecule has 2 aliphatic rings. The molecule has 2 aromatic rings. The van der Waals surface area contributed by atoms with E-state index in [1.165, 1.54) is 17.5 Å². The van der Waals surface area contributed by atoms with Crippen molar-refractivity contribution in [2.75, 3.05) is 26.2 Å². The Morgan fingerprint density at radius 1 is 1.08 bits per heavy atom. The maximum Gasteiger partial charge on any atom is 0.141 e. The number of para-hydroxylation sites is 1. The molecule has 1 fully saturated rings. The number of halogens is 1. The standard InChI is InChI=1S/C21H25ClN2O/c1-15-6-4-9-18(22)20(15)25-21-17-8-3-2-7-16(17)14-19(21)24-12-5-10-23-11-13-24/h2-4,6-9,19,21,23H,5,10-14H2,1H3/t19-,21+/m1/s1. The molecule has 1 N–H and O–H groups in total. The lowest BCUT2D eigenvalue weighted by Gasteiger charge is -2.32. The number of fused-ring (bicyclic) bond motifs is 1. The summed E-state index contributed by atoms with van der Waals surface area (Å²) in [6.07, 6.45) is 2.27. The molecule has 0 radical (unpaired) electrons. The van der Waals surface area contributed by atoms with Crippen LogP contribution in [0.15, 0.2) is 42.5 Å². The van der Waals surface area contributed by atoms with Crippen LogP contribution in [0.1, 0.15) is 29.2 Å². The fourth-order valence-corrected chi connectivity index (χ4v) is 4.36. The van der Waals surface area contributed by atoms with Crippen molar-refractivity contribution in [3.63, 3.8) is 0 Å². The van der Waals surface area contributed by atoms with Crippen molar-refractivity contribution in [3.8, 4) is 5.75 Å². The quantitative estimate of drug-likeness (QED) is 0.900. The van der Waals surface area contributed by atoms with Gasteiger partial charge in [0.05, 0.1) is 11.1 Å². The van der Waals surface area contributed by atoms with Crippen molar-refractivity contribution in [1.82, 2.24) is 10.2 Å². The molecule has 1 aliphatic heterocycles. The molecular formula is C21H25ClN2O. The lowest BCUT2D eigenvalue weighted by atomic mass is 10.1. The molecule has 0 bridgehead atoms. The summed E-state index contributed by atoms with van der Waals surface area (Å²) < 4.78 is 6.58. The van der Waals surface area contributed by atoms with Crippen LogP contribution in [-0.4, -0.2) is 37.1 Å². The largest absolute Gasteiger partial charge is 0.482 e. The molecule has 1 heterocycles. The molecule has 132 valence electrons. The van der Waals surface area contributed by atoms with E-state index in [9.17, 15) is 0 Å². The van der Waals surface area contributed by atoms with Gasteiger partial charge in [-0.2, -0.15) is 0 Å². The average Bonchev–Trinajstić information content (AvgIpc) is 2.79. The Balaban J connectivity index is 1.67. The number of nitrogens with one attached hydrogen (secondary N) is 1. The number of benzene rings is 2.